The molecule has 3 aromatic heterocycles. The molecule has 4 heterocycles. The SMILES string of the molecule is OC1CCN(c2nccn3c(-c4ccn[nH]4)cnc23)CC1. The van der Waals surface area contributed by atoms with Crippen molar-refractivity contribution in [2.75, 3.05) is 18.0 Å². The van der Waals surface area contributed by atoms with Crippen LogP contribution in [-0.2, 0) is 0 Å². The van der Waals surface area contributed by atoms with Crippen molar-refractivity contribution in [2.24, 2.45) is 0 Å². The van der Waals surface area contributed by atoms with Gasteiger partial charge in [0.2, 0.25) is 0 Å². The number of aromatic nitrogens is 5. The third-order valence-electron chi connectivity index (χ3n) is 3.95. The van der Waals surface area contributed by atoms with E-state index in [0.717, 1.165) is 48.8 Å². The highest BCUT2D eigenvalue weighted by atomic mass is 16.3. The minimum Gasteiger partial charge on any atom is -0.393 e. The fourth-order valence-electron chi connectivity index (χ4n) is 2.80. The molecule has 21 heavy (non-hydrogen) atoms. The lowest BCUT2D eigenvalue weighted by Gasteiger charge is -2.30. The molecule has 0 atom stereocenters. The van der Waals surface area contributed by atoms with E-state index >= 15 is 0 Å². The number of H-pyrrole nitrogens is 1. The number of imidazole rings is 1. The zero-order chi connectivity index (χ0) is 14.2. The second kappa shape index (κ2) is 4.85. The van der Waals surface area contributed by atoms with E-state index in [4.69, 9.17) is 0 Å². The second-order valence-electron chi connectivity index (χ2n) is 5.28. The van der Waals surface area contributed by atoms with Gasteiger partial charge in [0, 0.05) is 31.7 Å². The van der Waals surface area contributed by atoms with Gasteiger partial charge in [-0.05, 0) is 18.9 Å². The van der Waals surface area contributed by atoms with Crippen LogP contribution in [0.1, 0.15) is 12.8 Å². The molecule has 108 valence electrons. The number of aromatic amines is 1. The van der Waals surface area contributed by atoms with Gasteiger partial charge in [0.25, 0.3) is 0 Å². The maximum Gasteiger partial charge on any atom is 0.180 e. The van der Waals surface area contributed by atoms with Gasteiger partial charge in [0.05, 0.1) is 23.7 Å². The molecule has 3 aromatic rings. The molecule has 4 rings (SSSR count). The van der Waals surface area contributed by atoms with Crippen LogP contribution in [0, 0.1) is 0 Å². The van der Waals surface area contributed by atoms with E-state index < -0.39 is 0 Å². The molecule has 1 fully saturated rings. The van der Waals surface area contributed by atoms with Crippen LogP contribution in [0.3, 0.4) is 0 Å². The molecule has 0 saturated carbocycles. The summed E-state index contributed by atoms with van der Waals surface area (Å²) >= 11 is 0. The van der Waals surface area contributed by atoms with Gasteiger partial charge < -0.3 is 10.0 Å². The van der Waals surface area contributed by atoms with Crippen molar-refractivity contribution in [1.82, 2.24) is 24.6 Å². The maximum atomic E-state index is 9.64. The van der Waals surface area contributed by atoms with Crippen LogP contribution in [0.25, 0.3) is 17.0 Å². The standard InChI is InChI=1S/C14H16N6O/c21-10-2-6-19(7-3-10)13-14-16-9-12(11-1-4-17-18-11)20(14)8-5-15-13/h1,4-5,8-10,21H,2-3,6-7H2,(H,17,18). The van der Waals surface area contributed by atoms with Crippen LogP contribution in [0.15, 0.2) is 30.9 Å². The first-order chi connectivity index (χ1) is 10.3. The smallest absolute Gasteiger partial charge is 0.180 e. The molecule has 0 aromatic carbocycles. The van der Waals surface area contributed by atoms with Gasteiger partial charge in [0.15, 0.2) is 11.5 Å². The Morgan fingerprint density at radius 3 is 2.81 bits per heavy atom. The third kappa shape index (κ3) is 2.06. The predicted molar refractivity (Wildman–Crippen MR) is 78.0 cm³/mol. The lowest BCUT2D eigenvalue weighted by molar-refractivity contribution is 0.145. The van der Waals surface area contributed by atoms with Crippen molar-refractivity contribution in [3.05, 3.63) is 30.9 Å². The summed E-state index contributed by atoms with van der Waals surface area (Å²) in [6.07, 6.45) is 8.60. The number of nitrogens with one attached hydrogen (secondary N) is 1. The number of hydrogen-bond donors (Lipinski definition) is 2. The quantitative estimate of drug-likeness (QED) is 0.736. The molecule has 0 radical (unpaired) electrons. The minimum absolute atomic E-state index is 0.193. The zero-order valence-electron chi connectivity index (χ0n) is 11.5. The lowest BCUT2D eigenvalue weighted by Crippen LogP contribution is -2.36. The summed E-state index contributed by atoms with van der Waals surface area (Å²) in [6, 6.07) is 1.92. The number of piperidine rings is 1. The second-order valence-corrected chi connectivity index (χ2v) is 5.28. The number of fused-ring (bicyclic) bond motifs is 1. The Labute approximate surface area is 121 Å². The molecule has 1 aliphatic rings. The Hall–Kier alpha value is -2.41. The van der Waals surface area contributed by atoms with Gasteiger partial charge in [0.1, 0.15) is 0 Å². The highest BCUT2D eigenvalue weighted by Gasteiger charge is 2.21. The molecule has 1 saturated heterocycles. The molecular formula is C14H16N6O. The maximum absolute atomic E-state index is 9.64. The monoisotopic (exact) mass is 284 g/mol. The first-order valence-corrected chi connectivity index (χ1v) is 7.08. The molecule has 7 nitrogen and oxygen atoms in total. The van der Waals surface area contributed by atoms with E-state index in [-0.39, 0.29) is 6.10 Å². The van der Waals surface area contributed by atoms with Gasteiger partial charge in [-0.15, -0.1) is 0 Å². The Bertz CT molecular complexity index is 742. The molecule has 0 spiro atoms. The average Bonchev–Trinajstić information content (AvgIpc) is 3.16. The van der Waals surface area contributed by atoms with Crippen molar-refractivity contribution in [3.63, 3.8) is 0 Å². The predicted octanol–water partition coefficient (Wildman–Crippen LogP) is 1.08. The van der Waals surface area contributed by atoms with E-state index in [1.165, 1.54) is 0 Å². The largest absolute Gasteiger partial charge is 0.393 e. The van der Waals surface area contributed by atoms with E-state index in [1.54, 1.807) is 12.4 Å². The molecule has 0 unspecified atom stereocenters. The summed E-state index contributed by atoms with van der Waals surface area (Å²) in [6.45, 7) is 1.61. The van der Waals surface area contributed by atoms with Crippen molar-refractivity contribution >= 4 is 11.5 Å². The fraction of sp³-hybridized carbons (Fsp3) is 0.357. The highest BCUT2D eigenvalue weighted by molar-refractivity contribution is 5.69. The van der Waals surface area contributed by atoms with Crippen LogP contribution in [0.2, 0.25) is 0 Å². The molecule has 0 amide bonds. The number of aliphatic hydroxyl groups is 1. The molecule has 2 N–H and O–H groups in total. The van der Waals surface area contributed by atoms with E-state index in [9.17, 15) is 5.11 Å². The van der Waals surface area contributed by atoms with Gasteiger partial charge in [-0.1, -0.05) is 0 Å². The Morgan fingerprint density at radius 2 is 2.05 bits per heavy atom. The summed E-state index contributed by atoms with van der Waals surface area (Å²) < 4.78 is 2.01. The number of hydrogen-bond acceptors (Lipinski definition) is 5. The van der Waals surface area contributed by atoms with Crippen molar-refractivity contribution in [2.45, 2.75) is 18.9 Å². The van der Waals surface area contributed by atoms with Gasteiger partial charge in [-0.3, -0.25) is 9.50 Å². The minimum atomic E-state index is -0.193. The van der Waals surface area contributed by atoms with Crippen LogP contribution in [0.5, 0.6) is 0 Å². The molecule has 1 aliphatic heterocycles. The lowest BCUT2D eigenvalue weighted by atomic mass is 10.1. The summed E-state index contributed by atoms with van der Waals surface area (Å²) in [5.41, 5.74) is 2.72. The number of nitrogens with zero attached hydrogens (tertiary/aromatic N) is 5. The summed E-state index contributed by atoms with van der Waals surface area (Å²) in [5, 5.41) is 16.6. The van der Waals surface area contributed by atoms with Crippen molar-refractivity contribution in [1.29, 1.82) is 0 Å². The van der Waals surface area contributed by atoms with Crippen LogP contribution < -0.4 is 4.90 Å². The third-order valence-corrected chi connectivity index (χ3v) is 3.95. The fourth-order valence-corrected chi connectivity index (χ4v) is 2.80. The van der Waals surface area contributed by atoms with Crippen molar-refractivity contribution in [3.8, 4) is 11.4 Å². The van der Waals surface area contributed by atoms with E-state index in [0.29, 0.717) is 0 Å². The molecule has 0 bridgehead atoms. The normalized spacial score (nSPS) is 16.7. The average molecular weight is 284 g/mol. The van der Waals surface area contributed by atoms with E-state index in [1.807, 2.05) is 22.9 Å². The van der Waals surface area contributed by atoms with Gasteiger partial charge in [-0.2, -0.15) is 5.10 Å². The molecular weight excluding hydrogens is 268 g/mol. The number of aliphatic hydroxyl groups excluding tert-OH is 1. The van der Waals surface area contributed by atoms with Crippen LogP contribution in [-0.4, -0.2) is 48.9 Å². The van der Waals surface area contributed by atoms with Crippen LogP contribution in [0.4, 0.5) is 5.82 Å². The highest BCUT2D eigenvalue weighted by Crippen LogP contribution is 2.25. The first kappa shape index (κ1) is 12.3. The zero-order valence-corrected chi connectivity index (χ0v) is 11.5. The van der Waals surface area contributed by atoms with E-state index in [2.05, 4.69) is 25.1 Å². The Balaban J connectivity index is 1.77. The Kier molecular flexibility index (Phi) is 2.85. The summed E-state index contributed by atoms with van der Waals surface area (Å²) in [5.74, 6) is 0.871. The number of rotatable bonds is 2. The Morgan fingerprint density at radius 1 is 1.19 bits per heavy atom. The number of anilines is 1. The topological polar surface area (TPSA) is 82.3 Å². The summed E-state index contributed by atoms with van der Waals surface area (Å²) in [7, 11) is 0. The van der Waals surface area contributed by atoms with Gasteiger partial charge >= 0.3 is 0 Å². The van der Waals surface area contributed by atoms with Crippen molar-refractivity contribution < 1.29 is 5.11 Å². The molecule has 0 aliphatic carbocycles. The first-order valence-electron chi connectivity index (χ1n) is 7.08. The van der Waals surface area contributed by atoms with Gasteiger partial charge in [-0.25, -0.2) is 9.97 Å². The van der Waals surface area contributed by atoms with Crippen LogP contribution >= 0.6 is 0 Å². The summed E-state index contributed by atoms with van der Waals surface area (Å²) in [4.78, 5) is 11.2. The molecule has 7 heteroatoms.